The lowest BCUT2D eigenvalue weighted by Crippen LogP contribution is -2.33. The van der Waals surface area contributed by atoms with Gasteiger partial charge in [0.05, 0.1) is 7.11 Å². The third-order valence-electron chi connectivity index (χ3n) is 9.04. The second-order valence-electron chi connectivity index (χ2n) is 14.7. The highest BCUT2D eigenvalue weighted by atomic mass is 19.1. The molecule has 0 radical (unpaired) electrons. The highest BCUT2D eigenvalue weighted by molar-refractivity contribution is 5.95. The van der Waals surface area contributed by atoms with Crippen LogP contribution < -0.4 is 10.1 Å². The van der Waals surface area contributed by atoms with E-state index < -0.39 is 0 Å². The van der Waals surface area contributed by atoms with E-state index in [0.717, 1.165) is 53.7 Å². The summed E-state index contributed by atoms with van der Waals surface area (Å²) in [7, 11) is 1.69. The number of likely N-dealkylation sites (tertiary alicyclic amines) is 1. The van der Waals surface area contributed by atoms with E-state index in [0.29, 0.717) is 31.6 Å². The van der Waals surface area contributed by atoms with Gasteiger partial charge in [0.2, 0.25) is 5.91 Å². The molecule has 46 heavy (non-hydrogen) atoms. The molecule has 0 unspecified atom stereocenters. The summed E-state index contributed by atoms with van der Waals surface area (Å²) < 4.78 is 33.0. The van der Waals surface area contributed by atoms with Crippen LogP contribution in [-0.2, 0) is 15.6 Å². The van der Waals surface area contributed by atoms with Crippen LogP contribution in [0.5, 0.6) is 5.75 Å². The van der Waals surface area contributed by atoms with Gasteiger partial charge in [-0.1, -0.05) is 72.2 Å². The first-order chi connectivity index (χ1) is 21.7. The van der Waals surface area contributed by atoms with Crippen LogP contribution in [0.4, 0.5) is 8.78 Å². The number of carbonyl (C=O) groups excluding carboxylic acids is 2. The highest BCUT2D eigenvalue weighted by Crippen LogP contribution is 2.40. The monoisotopic (exact) mass is 632 g/mol. The SMILES string of the molecule is COc1c(C(C)(C)C)cc(C(=O)NC[C@H]2CCN(C(=O)CCCCC(c3ccc(F)cc3)c3ccc(F)cc3)C2)cc1C(C)(C)C. The van der Waals surface area contributed by atoms with Crippen LogP contribution in [0.15, 0.2) is 60.7 Å². The average molecular weight is 633 g/mol. The Kier molecular flexibility index (Phi) is 11.3. The molecular weight excluding hydrogens is 582 g/mol. The Labute approximate surface area is 273 Å². The Balaban J connectivity index is 1.30. The van der Waals surface area contributed by atoms with Crippen molar-refractivity contribution in [2.75, 3.05) is 26.7 Å². The second-order valence-corrected chi connectivity index (χ2v) is 14.7. The number of nitrogens with one attached hydrogen (secondary N) is 1. The van der Waals surface area contributed by atoms with Crippen LogP contribution in [-0.4, -0.2) is 43.5 Å². The van der Waals surface area contributed by atoms with E-state index in [1.165, 1.54) is 24.3 Å². The van der Waals surface area contributed by atoms with Gasteiger partial charge in [-0.3, -0.25) is 9.59 Å². The van der Waals surface area contributed by atoms with Crippen LogP contribution in [0.3, 0.4) is 0 Å². The van der Waals surface area contributed by atoms with Gasteiger partial charge < -0.3 is 15.0 Å². The first-order valence-electron chi connectivity index (χ1n) is 16.5. The predicted octanol–water partition coefficient (Wildman–Crippen LogP) is 8.54. The number of nitrogens with zero attached hydrogens (tertiary/aromatic N) is 1. The molecule has 1 N–H and O–H groups in total. The van der Waals surface area contributed by atoms with Crippen molar-refractivity contribution in [3.8, 4) is 5.75 Å². The number of unbranched alkanes of at least 4 members (excludes halogenated alkanes) is 1. The normalized spacial score (nSPS) is 15.3. The molecule has 3 aromatic rings. The van der Waals surface area contributed by atoms with Crippen molar-refractivity contribution in [1.82, 2.24) is 10.2 Å². The van der Waals surface area contributed by atoms with Crippen LogP contribution in [0.1, 0.15) is 112 Å². The van der Waals surface area contributed by atoms with Crippen LogP contribution >= 0.6 is 0 Å². The van der Waals surface area contributed by atoms with E-state index in [1.807, 2.05) is 17.0 Å². The molecule has 2 amide bonds. The van der Waals surface area contributed by atoms with E-state index in [-0.39, 0.29) is 46.1 Å². The molecule has 1 aliphatic heterocycles. The maximum absolute atomic E-state index is 13.6. The molecule has 1 saturated heterocycles. The Hall–Kier alpha value is -3.74. The summed E-state index contributed by atoms with van der Waals surface area (Å²) in [5.74, 6) is 0.482. The van der Waals surface area contributed by atoms with Gasteiger partial charge in [0.15, 0.2) is 0 Å². The van der Waals surface area contributed by atoms with Gasteiger partial charge in [-0.15, -0.1) is 0 Å². The lowest BCUT2D eigenvalue weighted by Gasteiger charge is -2.29. The quantitative estimate of drug-likeness (QED) is 0.216. The molecule has 248 valence electrons. The Morgan fingerprint density at radius 1 is 0.870 bits per heavy atom. The zero-order valence-corrected chi connectivity index (χ0v) is 28.5. The van der Waals surface area contributed by atoms with Crippen molar-refractivity contribution in [2.24, 2.45) is 5.92 Å². The number of amides is 2. The molecular formula is C39H50F2N2O3. The van der Waals surface area contributed by atoms with Crippen molar-refractivity contribution in [3.63, 3.8) is 0 Å². The van der Waals surface area contributed by atoms with E-state index in [4.69, 9.17) is 4.74 Å². The van der Waals surface area contributed by atoms with Crippen LogP contribution in [0.2, 0.25) is 0 Å². The second kappa shape index (κ2) is 14.8. The summed E-state index contributed by atoms with van der Waals surface area (Å²) >= 11 is 0. The molecule has 1 aliphatic rings. The minimum Gasteiger partial charge on any atom is -0.496 e. The zero-order valence-electron chi connectivity index (χ0n) is 28.5. The molecule has 0 bridgehead atoms. The number of ether oxygens (including phenoxy) is 1. The van der Waals surface area contributed by atoms with Gasteiger partial charge in [0.1, 0.15) is 17.4 Å². The Morgan fingerprint density at radius 3 is 1.87 bits per heavy atom. The number of methoxy groups -OCH3 is 1. The van der Waals surface area contributed by atoms with Crippen LogP contribution in [0, 0.1) is 17.6 Å². The summed E-state index contributed by atoms with van der Waals surface area (Å²) in [6.07, 6.45) is 3.63. The molecule has 0 spiro atoms. The van der Waals surface area contributed by atoms with Gasteiger partial charge in [0.25, 0.3) is 5.91 Å². The number of carbonyl (C=O) groups is 2. The van der Waals surface area contributed by atoms with E-state index in [9.17, 15) is 18.4 Å². The molecule has 5 nitrogen and oxygen atoms in total. The zero-order chi connectivity index (χ0) is 33.6. The molecule has 7 heteroatoms. The van der Waals surface area contributed by atoms with Gasteiger partial charge >= 0.3 is 0 Å². The third kappa shape index (κ3) is 8.95. The molecule has 0 aromatic heterocycles. The largest absolute Gasteiger partial charge is 0.496 e. The summed E-state index contributed by atoms with van der Waals surface area (Å²) in [5, 5.41) is 3.13. The molecule has 1 heterocycles. The van der Waals surface area contributed by atoms with Gasteiger partial charge in [0, 0.05) is 48.7 Å². The fraction of sp³-hybridized carbons (Fsp3) is 0.487. The topological polar surface area (TPSA) is 58.6 Å². The maximum Gasteiger partial charge on any atom is 0.251 e. The first-order valence-corrected chi connectivity index (χ1v) is 16.5. The smallest absolute Gasteiger partial charge is 0.251 e. The third-order valence-corrected chi connectivity index (χ3v) is 9.04. The number of rotatable bonds is 11. The van der Waals surface area contributed by atoms with Crippen LogP contribution in [0.25, 0.3) is 0 Å². The lowest BCUT2D eigenvalue weighted by atomic mass is 9.78. The molecule has 1 atom stereocenters. The molecule has 3 aromatic carbocycles. The fourth-order valence-electron chi connectivity index (χ4n) is 6.36. The maximum atomic E-state index is 13.6. The molecule has 1 fully saturated rings. The Bertz CT molecular complexity index is 1410. The molecule has 0 aliphatic carbocycles. The predicted molar refractivity (Wildman–Crippen MR) is 181 cm³/mol. The molecule has 4 rings (SSSR count). The number of halogens is 2. The van der Waals surface area contributed by atoms with E-state index in [1.54, 1.807) is 31.4 Å². The van der Waals surface area contributed by atoms with Crippen molar-refractivity contribution in [2.45, 2.75) is 90.4 Å². The minimum absolute atomic E-state index is 0.000683. The molecule has 0 saturated carbocycles. The minimum atomic E-state index is -0.291. The number of benzene rings is 3. The van der Waals surface area contributed by atoms with Crippen molar-refractivity contribution >= 4 is 11.8 Å². The van der Waals surface area contributed by atoms with Gasteiger partial charge in [-0.2, -0.15) is 0 Å². The lowest BCUT2D eigenvalue weighted by molar-refractivity contribution is -0.130. The summed E-state index contributed by atoms with van der Waals surface area (Å²) in [5.41, 5.74) is 4.19. The average Bonchev–Trinajstić information content (AvgIpc) is 3.49. The van der Waals surface area contributed by atoms with Gasteiger partial charge in [-0.25, -0.2) is 8.78 Å². The highest BCUT2D eigenvalue weighted by Gasteiger charge is 2.30. The fourth-order valence-corrected chi connectivity index (χ4v) is 6.36. The summed E-state index contributed by atoms with van der Waals surface area (Å²) in [6.45, 7) is 14.6. The first kappa shape index (κ1) is 35.1. The number of hydrogen-bond acceptors (Lipinski definition) is 3. The standard InChI is InChI=1S/C39H50F2N2O3/c1-38(2,3)33-22-29(23-34(36(33)46-7)39(4,5)6)37(45)42-24-26-20-21-43(25-26)35(44)11-9-8-10-32(27-12-16-30(40)17-13-27)28-14-18-31(41)19-15-28/h12-19,22-23,26,32H,8-11,20-21,24-25H2,1-7H3,(H,42,45)/t26-/m1/s1. The van der Waals surface area contributed by atoms with Crippen molar-refractivity contribution in [1.29, 1.82) is 0 Å². The van der Waals surface area contributed by atoms with E-state index in [2.05, 4.69) is 46.9 Å². The van der Waals surface area contributed by atoms with Crippen molar-refractivity contribution in [3.05, 3.63) is 100 Å². The number of hydrogen-bond donors (Lipinski definition) is 1. The van der Waals surface area contributed by atoms with Crippen molar-refractivity contribution < 1.29 is 23.1 Å². The van der Waals surface area contributed by atoms with Gasteiger partial charge in [-0.05, 0) is 83.5 Å². The summed E-state index contributed by atoms with van der Waals surface area (Å²) in [6, 6.07) is 16.8. The van der Waals surface area contributed by atoms with E-state index >= 15 is 0 Å². The Morgan fingerprint density at radius 2 is 1.39 bits per heavy atom. The summed E-state index contributed by atoms with van der Waals surface area (Å²) in [4.78, 5) is 28.4.